The number of carbonyl (C=O) groups excluding carboxylic acids is 2. The zero-order chi connectivity index (χ0) is 32.1. The Balaban J connectivity index is 0.000000301. The number of nitrogens with zero attached hydrogens (tertiary/aromatic N) is 5. The van der Waals surface area contributed by atoms with Gasteiger partial charge in [-0.15, -0.1) is 0 Å². The second-order valence-corrected chi connectivity index (χ2v) is 10.1. The molecule has 1 aliphatic carbocycles. The van der Waals surface area contributed by atoms with E-state index >= 15 is 0 Å². The Labute approximate surface area is 256 Å². The van der Waals surface area contributed by atoms with Crippen LogP contribution in [0.2, 0.25) is 0 Å². The number of fused-ring (bicyclic) bond motifs is 2. The van der Waals surface area contributed by atoms with Gasteiger partial charge in [-0.2, -0.15) is 0 Å². The Morgan fingerprint density at radius 3 is 2.39 bits per heavy atom. The van der Waals surface area contributed by atoms with Crippen LogP contribution in [-0.4, -0.2) is 79.6 Å². The number of anilines is 1. The number of amides is 1. The predicted molar refractivity (Wildman–Crippen MR) is 168 cm³/mol. The summed E-state index contributed by atoms with van der Waals surface area (Å²) in [4.78, 5) is 26.8. The SMILES string of the molecule is CC(=O)NCCOCCOCCN=[N+]=[N-].CN(C)c1ccc2c(-c3ccccc3C(=O)[O-])c3ccc(=[N+](C)C)cc-3oc2c1. The summed E-state index contributed by atoms with van der Waals surface area (Å²) in [6, 6.07) is 18.9. The minimum Gasteiger partial charge on any atom is -0.545 e. The van der Waals surface area contributed by atoms with E-state index in [1.807, 2.05) is 86.2 Å². The summed E-state index contributed by atoms with van der Waals surface area (Å²) in [5.41, 5.74) is 12.1. The molecule has 232 valence electrons. The normalized spacial score (nSPS) is 10.5. The lowest BCUT2D eigenvalue weighted by Gasteiger charge is -2.19. The van der Waals surface area contributed by atoms with Crippen LogP contribution in [0.4, 0.5) is 5.69 Å². The zero-order valence-electron chi connectivity index (χ0n) is 25.7. The van der Waals surface area contributed by atoms with Gasteiger partial charge in [-0.05, 0) is 29.3 Å². The number of hydrogen-bond donors (Lipinski definition) is 1. The average Bonchev–Trinajstić information content (AvgIpc) is 3.00. The van der Waals surface area contributed by atoms with Crippen LogP contribution in [0.3, 0.4) is 0 Å². The average molecular weight is 603 g/mol. The summed E-state index contributed by atoms with van der Waals surface area (Å²) in [6.45, 7) is 4.10. The number of hydrogen-bond acceptors (Lipinski definition) is 8. The number of aromatic carboxylic acids is 1. The van der Waals surface area contributed by atoms with Crippen LogP contribution in [0.25, 0.3) is 43.9 Å². The van der Waals surface area contributed by atoms with Crippen molar-refractivity contribution in [2.24, 2.45) is 5.11 Å². The van der Waals surface area contributed by atoms with E-state index < -0.39 is 5.97 Å². The molecule has 0 radical (unpaired) electrons. The smallest absolute Gasteiger partial charge is 0.216 e. The van der Waals surface area contributed by atoms with E-state index in [0.29, 0.717) is 56.4 Å². The minimum atomic E-state index is -1.20. The van der Waals surface area contributed by atoms with Gasteiger partial charge in [-0.3, -0.25) is 4.79 Å². The predicted octanol–water partition coefficient (Wildman–Crippen LogP) is 3.13. The molecule has 1 N–H and O–H groups in total. The van der Waals surface area contributed by atoms with Gasteiger partial charge in [0.25, 0.3) is 0 Å². The van der Waals surface area contributed by atoms with Gasteiger partial charge in [-0.1, -0.05) is 29.4 Å². The fourth-order valence-electron chi connectivity index (χ4n) is 4.36. The maximum Gasteiger partial charge on any atom is 0.216 e. The van der Waals surface area contributed by atoms with E-state index in [0.717, 1.165) is 27.6 Å². The molecule has 0 fully saturated rings. The minimum absolute atomic E-state index is 0.0655. The van der Waals surface area contributed by atoms with E-state index in [2.05, 4.69) is 15.3 Å². The summed E-state index contributed by atoms with van der Waals surface area (Å²) >= 11 is 0. The molecule has 2 aliphatic rings. The molecule has 1 heterocycles. The lowest BCUT2D eigenvalue weighted by Crippen LogP contribution is -2.24. The Kier molecular flexibility index (Phi) is 12.7. The maximum absolute atomic E-state index is 11.8. The first-order chi connectivity index (χ1) is 21.1. The molecule has 44 heavy (non-hydrogen) atoms. The molecular formula is C32H38N6O6. The molecule has 0 saturated heterocycles. The molecule has 1 amide bonds. The van der Waals surface area contributed by atoms with Crippen LogP contribution in [-0.2, 0) is 14.3 Å². The zero-order valence-corrected chi connectivity index (χ0v) is 25.7. The molecule has 2 aromatic rings. The van der Waals surface area contributed by atoms with Gasteiger partial charge >= 0.3 is 0 Å². The Morgan fingerprint density at radius 1 is 1.00 bits per heavy atom. The molecule has 0 spiro atoms. The maximum atomic E-state index is 11.8. The Morgan fingerprint density at radius 2 is 1.73 bits per heavy atom. The van der Waals surface area contributed by atoms with Gasteiger partial charge in [0.05, 0.1) is 38.5 Å². The fraction of sp³-hybridized carbons (Fsp3) is 0.344. The summed E-state index contributed by atoms with van der Waals surface area (Å²) < 4.78 is 18.5. The Hall–Kier alpha value is -4.90. The van der Waals surface area contributed by atoms with Crippen molar-refractivity contribution >= 4 is 28.5 Å². The molecule has 0 unspecified atom stereocenters. The van der Waals surface area contributed by atoms with E-state index in [9.17, 15) is 14.7 Å². The standard InChI is InChI=1S/C24H22N2O3.C8H16N4O3/c1-25(2)15-9-11-19-21(13-15)29-22-14-16(26(3)4)10-12-20(22)23(19)17-7-5-6-8-18(17)24(27)28;1-8(13)10-2-4-14-6-7-15-5-3-11-12-9/h5-14H,1-4H3;2-7H2,1H3,(H,10,13). The number of carbonyl (C=O) groups is 2. The molecule has 0 saturated carbocycles. The third-order valence-corrected chi connectivity index (χ3v) is 6.53. The van der Waals surface area contributed by atoms with Crippen molar-refractivity contribution in [3.8, 4) is 22.5 Å². The van der Waals surface area contributed by atoms with Crippen molar-refractivity contribution in [3.05, 3.63) is 82.0 Å². The number of rotatable bonds is 12. The van der Waals surface area contributed by atoms with Crippen LogP contribution in [0.5, 0.6) is 0 Å². The van der Waals surface area contributed by atoms with Gasteiger partial charge in [0.15, 0.2) is 0 Å². The van der Waals surface area contributed by atoms with Crippen LogP contribution in [0.1, 0.15) is 17.3 Å². The number of carboxylic acid groups (broad SMARTS) is 1. The first kappa shape index (κ1) is 33.6. The van der Waals surface area contributed by atoms with Crippen LogP contribution < -0.4 is 25.3 Å². The van der Waals surface area contributed by atoms with Crippen LogP contribution in [0.15, 0.2) is 70.2 Å². The first-order valence-electron chi connectivity index (χ1n) is 14.0. The second-order valence-electron chi connectivity index (χ2n) is 10.1. The van der Waals surface area contributed by atoms with Gasteiger partial charge < -0.3 is 34.0 Å². The number of ether oxygens (including phenoxy) is 2. The van der Waals surface area contributed by atoms with Gasteiger partial charge in [0, 0.05) is 78.9 Å². The first-order valence-corrected chi connectivity index (χ1v) is 14.0. The third-order valence-electron chi connectivity index (χ3n) is 6.53. The monoisotopic (exact) mass is 602 g/mol. The van der Waals surface area contributed by atoms with Crippen molar-refractivity contribution in [2.45, 2.75) is 6.92 Å². The highest BCUT2D eigenvalue weighted by Crippen LogP contribution is 2.41. The summed E-state index contributed by atoms with van der Waals surface area (Å²) in [5, 5.41) is 19.6. The summed E-state index contributed by atoms with van der Waals surface area (Å²) in [5.74, 6) is -0.565. The lowest BCUT2D eigenvalue weighted by atomic mass is 9.90. The van der Waals surface area contributed by atoms with Crippen LogP contribution in [0, 0.1) is 0 Å². The molecule has 1 aliphatic heterocycles. The van der Waals surface area contributed by atoms with Crippen molar-refractivity contribution in [2.75, 3.05) is 72.6 Å². The van der Waals surface area contributed by atoms with Crippen molar-refractivity contribution in [3.63, 3.8) is 0 Å². The van der Waals surface area contributed by atoms with Crippen LogP contribution >= 0.6 is 0 Å². The molecule has 4 rings (SSSR count). The summed E-state index contributed by atoms with van der Waals surface area (Å²) in [7, 11) is 7.88. The number of carboxylic acids is 1. The molecule has 2 aromatic carbocycles. The van der Waals surface area contributed by atoms with E-state index in [-0.39, 0.29) is 11.5 Å². The molecule has 0 aromatic heterocycles. The largest absolute Gasteiger partial charge is 0.545 e. The molecule has 12 heteroatoms. The topological polar surface area (TPSA) is 156 Å². The molecule has 12 nitrogen and oxygen atoms in total. The van der Waals surface area contributed by atoms with Crippen molar-refractivity contribution in [1.82, 2.24) is 9.89 Å². The molecule has 0 atom stereocenters. The van der Waals surface area contributed by atoms with E-state index in [4.69, 9.17) is 19.4 Å². The molecule has 0 bridgehead atoms. The number of nitrogens with one attached hydrogen (secondary N) is 1. The van der Waals surface area contributed by atoms with E-state index in [1.54, 1.807) is 12.1 Å². The Bertz CT molecular complexity index is 1660. The van der Waals surface area contributed by atoms with Gasteiger partial charge in [0.2, 0.25) is 11.3 Å². The lowest BCUT2D eigenvalue weighted by molar-refractivity contribution is -0.254. The number of azide groups is 1. The van der Waals surface area contributed by atoms with Gasteiger partial charge in [-0.25, -0.2) is 4.58 Å². The highest BCUT2D eigenvalue weighted by molar-refractivity contribution is 6.07. The van der Waals surface area contributed by atoms with Crippen molar-refractivity contribution in [1.29, 1.82) is 0 Å². The fourth-order valence-corrected chi connectivity index (χ4v) is 4.36. The number of benzene rings is 3. The third kappa shape index (κ3) is 9.30. The second kappa shape index (κ2) is 16.7. The van der Waals surface area contributed by atoms with Crippen molar-refractivity contribution < 1.29 is 28.6 Å². The highest BCUT2D eigenvalue weighted by Gasteiger charge is 2.20. The molecular weight excluding hydrogens is 564 g/mol. The summed E-state index contributed by atoms with van der Waals surface area (Å²) in [6.07, 6.45) is 0. The van der Waals surface area contributed by atoms with E-state index in [1.165, 1.54) is 6.92 Å². The highest BCUT2D eigenvalue weighted by atomic mass is 16.5. The van der Waals surface area contributed by atoms with Gasteiger partial charge in [0.1, 0.15) is 25.4 Å². The quantitative estimate of drug-likeness (QED) is 0.0652.